The van der Waals surface area contributed by atoms with Gasteiger partial charge < -0.3 is 0 Å². The summed E-state index contributed by atoms with van der Waals surface area (Å²) in [5, 5.41) is -0.330. The number of rotatable bonds is 2. The Labute approximate surface area is 76.3 Å². The molecule has 1 heterocycles. The maximum Gasteiger partial charge on any atom is 0.268 e. The minimum atomic E-state index is -3.08. The minimum Gasteiger partial charge on any atom is -0.296 e. The van der Waals surface area contributed by atoms with Gasteiger partial charge in [-0.15, -0.1) is 0 Å². The Morgan fingerprint density at radius 1 is 1.54 bits per heavy atom. The largest absolute Gasteiger partial charge is 0.296 e. The number of nitrogens with zero attached hydrogens (tertiary/aromatic N) is 1. The lowest BCUT2D eigenvalue weighted by Gasteiger charge is -2.03. The van der Waals surface area contributed by atoms with Gasteiger partial charge in [0, 0.05) is 6.07 Å². The smallest absolute Gasteiger partial charge is 0.268 e. The predicted octanol–water partition coefficient (Wildman–Crippen LogP) is 2.62. The van der Waals surface area contributed by atoms with Crippen LogP contribution in [0.25, 0.3) is 0 Å². The zero-order chi connectivity index (χ0) is 10.0. The normalized spacial score (nSPS) is 10.5. The maximum absolute atomic E-state index is 12.8. The lowest BCUT2D eigenvalue weighted by Crippen LogP contribution is -2.01. The average Bonchev–Trinajstić information content (AvgIpc) is 2.01. The SMILES string of the molecule is O=Cc1nc(Cl)cc(F)c1C(F)F. The van der Waals surface area contributed by atoms with Crippen molar-refractivity contribution in [3.8, 4) is 0 Å². The molecule has 0 aliphatic carbocycles. The number of carbonyl (C=O) groups excluding carboxylic acids is 1. The van der Waals surface area contributed by atoms with Gasteiger partial charge in [-0.1, -0.05) is 11.6 Å². The van der Waals surface area contributed by atoms with E-state index in [2.05, 4.69) is 4.98 Å². The third-order valence-electron chi connectivity index (χ3n) is 1.34. The van der Waals surface area contributed by atoms with Crippen molar-refractivity contribution in [3.63, 3.8) is 0 Å². The van der Waals surface area contributed by atoms with Gasteiger partial charge in [0.1, 0.15) is 16.7 Å². The van der Waals surface area contributed by atoms with Crippen molar-refractivity contribution in [3.05, 3.63) is 28.3 Å². The summed E-state index contributed by atoms with van der Waals surface area (Å²) in [5.41, 5.74) is -1.68. The van der Waals surface area contributed by atoms with E-state index in [1.807, 2.05) is 0 Å². The van der Waals surface area contributed by atoms with Crippen molar-refractivity contribution in [1.82, 2.24) is 4.98 Å². The highest BCUT2D eigenvalue weighted by molar-refractivity contribution is 6.29. The van der Waals surface area contributed by atoms with E-state index >= 15 is 0 Å². The van der Waals surface area contributed by atoms with Crippen LogP contribution in [0, 0.1) is 5.82 Å². The number of aromatic nitrogens is 1. The molecule has 0 radical (unpaired) electrons. The van der Waals surface area contributed by atoms with Gasteiger partial charge in [-0.2, -0.15) is 0 Å². The number of aldehydes is 1. The maximum atomic E-state index is 12.8. The topological polar surface area (TPSA) is 30.0 Å². The lowest BCUT2D eigenvalue weighted by atomic mass is 10.2. The monoisotopic (exact) mass is 209 g/mol. The molecule has 0 N–H and O–H groups in total. The van der Waals surface area contributed by atoms with Crippen molar-refractivity contribution in [2.75, 3.05) is 0 Å². The van der Waals surface area contributed by atoms with Crippen LogP contribution < -0.4 is 0 Å². The zero-order valence-corrected chi connectivity index (χ0v) is 6.86. The second-order valence-electron chi connectivity index (χ2n) is 2.14. The van der Waals surface area contributed by atoms with Crippen LogP contribution >= 0.6 is 11.6 Å². The Balaban J connectivity index is 3.38. The van der Waals surface area contributed by atoms with Crippen molar-refractivity contribution in [2.45, 2.75) is 6.43 Å². The summed E-state index contributed by atoms with van der Waals surface area (Å²) in [4.78, 5) is 13.5. The quantitative estimate of drug-likeness (QED) is 0.554. The van der Waals surface area contributed by atoms with E-state index in [0.29, 0.717) is 6.07 Å². The highest BCUT2D eigenvalue weighted by Gasteiger charge is 2.20. The summed E-state index contributed by atoms with van der Waals surface area (Å²) in [6.07, 6.45) is -3.04. The van der Waals surface area contributed by atoms with E-state index in [4.69, 9.17) is 11.6 Å². The number of halogens is 4. The van der Waals surface area contributed by atoms with Crippen molar-refractivity contribution in [1.29, 1.82) is 0 Å². The molecule has 0 unspecified atom stereocenters. The molecule has 0 aromatic carbocycles. The summed E-state index contributed by atoms with van der Waals surface area (Å²) < 4.78 is 37.0. The molecule has 0 bridgehead atoms. The Morgan fingerprint density at radius 2 is 2.15 bits per heavy atom. The van der Waals surface area contributed by atoms with Gasteiger partial charge >= 0.3 is 0 Å². The fourth-order valence-electron chi connectivity index (χ4n) is 0.818. The predicted molar refractivity (Wildman–Crippen MR) is 39.5 cm³/mol. The van der Waals surface area contributed by atoms with Gasteiger partial charge in [-0.05, 0) is 0 Å². The first-order chi connectivity index (χ1) is 6.06. The van der Waals surface area contributed by atoms with E-state index < -0.39 is 23.5 Å². The fraction of sp³-hybridized carbons (Fsp3) is 0.143. The van der Waals surface area contributed by atoms with Gasteiger partial charge in [0.25, 0.3) is 6.43 Å². The first kappa shape index (κ1) is 9.98. The first-order valence-electron chi connectivity index (χ1n) is 3.15. The van der Waals surface area contributed by atoms with Crippen LogP contribution in [-0.2, 0) is 0 Å². The molecule has 0 atom stereocenters. The van der Waals surface area contributed by atoms with Crippen LogP contribution in [0.1, 0.15) is 22.5 Å². The highest BCUT2D eigenvalue weighted by Crippen LogP contribution is 2.25. The van der Waals surface area contributed by atoms with Gasteiger partial charge in [-0.3, -0.25) is 4.79 Å². The Bertz CT molecular complexity index is 343. The van der Waals surface area contributed by atoms with Gasteiger partial charge in [-0.25, -0.2) is 18.2 Å². The molecule has 1 rings (SSSR count). The summed E-state index contributed by atoms with van der Waals surface area (Å²) in [7, 11) is 0. The summed E-state index contributed by atoms with van der Waals surface area (Å²) in [6.45, 7) is 0. The lowest BCUT2D eigenvalue weighted by molar-refractivity contribution is 0.109. The average molecular weight is 210 g/mol. The standard InChI is InChI=1S/C7H3ClF3NO/c8-5-1-3(9)6(7(10)11)4(2-13)12-5/h1-2,7H. The number of hydrogen-bond donors (Lipinski definition) is 0. The minimum absolute atomic E-state index is 0.0381. The molecule has 0 fully saturated rings. The van der Waals surface area contributed by atoms with Crippen LogP contribution in [0.4, 0.5) is 13.2 Å². The Kier molecular flexibility index (Phi) is 2.87. The second kappa shape index (κ2) is 3.74. The number of carbonyl (C=O) groups is 1. The molecule has 0 amide bonds. The van der Waals surface area contributed by atoms with E-state index in [-0.39, 0.29) is 11.4 Å². The van der Waals surface area contributed by atoms with Crippen LogP contribution in [0.3, 0.4) is 0 Å². The summed E-state index contributed by atoms with van der Waals surface area (Å²) in [5.74, 6) is -1.22. The Hall–Kier alpha value is -1.10. The molecule has 0 saturated carbocycles. The van der Waals surface area contributed by atoms with Gasteiger partial charge in [0.2, 0.25) is 0 Å². The van der Waals surface area contributed by atoms with Crippen molar-refractivity contribution >= 4 is 17.9 Å². The van der Waals surface area contributed by atoms with Crippen molar-refractivity contribution in [2.24, 2.45) is 0 Å². The number of alkyl halides is 2. The number of pyridine rings is 1. The van der Waals surface area contributed by atoms with E-state index in [1.54, 1.807) is 0 Å². The van der Waals surface area contributed by atoms with Crippen molar-refractivity contribution < 1.29 is 18.0 Å². The molecule has 0 spiro atoms. The van der Waals surface area contributed by atoms with E-state index in [9.17, 15) is 18.0 Å². The Morgan fingerprint density at radius 3 is 2.62 bits per heavy atom. The second-order valence-corrected chi connectivity index (χ2v) is 2.53. The molecule has 1 aromatic heterocycles. The third-order valence-corrected chi connectivity index (χ3v) is 1.53. The highest BCUT2D eigenvalue weighted by atomic mass is 35.5. The summed E-state index contributed by atoms with van der Waals surface area (Å²) >= 11 is 5.25. The molecule has 0 aliphatic heterocycles. The van der Waals surface area contributed by atoms with Crippen LogP contribution in [-0.4, -0.2) is 11.3 Å². The molecule has 1 aromatic rings. The molecule has 0 saturated heterocycles. The molecule has 2 nitrogen and oxygen atoms in total. The third kappa shape index (κ3) is 1.98. The molecule has 70 valence electrons. The van der Waals surface area contributed by atoms with Gasteiger partial charge in [0.15, 0.2) is 6.29 Å². The van der Waals surface area contributed by atoms with Crippen LogP contribution in [0.5, 0.6) is 0 Å². The molecule has 0 aliphatic rings. The molecular weight excluding hydrogens is 207 g/mol. The zero-order valence-electron chi connectivity index (χ0n) is 6.10. The fourth-order valence-corrected chi connectivity index (χ4v) is 1.00. The van der Waals surface area contributed by atoms with Crippen LogP contribution in [0.15, 0.2) is 6.07 Å². The number of hydrogen-bond acceptors (Lipinski definition) is 2. The molecular formula is C7H3ClF3NO. The molecule has 13 heavy (non-hydrogen) atoms. The van der Waals surface area contributed by atoms with Crippen LogP contribution in [0.2, 0.25) is 5.15 Å². The van der Waals surface area contributed by atoms with E-state index in [1.165, 1.54) is 0 Å². The first-order valence-corrected chi connectivity index (χ1v) is 3.53. The summed E-state index contributed by atoms with van der Waals surface area (Å²) in [6, 6.07) is 0.635. The van der Waals surface area contributed by atoms with E-state index in [0.717, 1.165) is 0 Å². The molecule has 6 heteroatoms. The van der Waals surface area contributed by atoms with Gasteiger partial charge in [0.05, 0.1) is 5.56 Å².